The standard InChI is InChI=1S/C18H19Cl2N5O2S/c1-10(2)9-25-16(14-5-4-6-27-14)23-24-18(25)28-11(3)17(26)22-15-13(20)7-12(19)8-21-15/h4-8,10-11H,9H2,1-3H3,(H,21,22,26)/t11-/m1/s1. The van der Waals surface area contributed by atoms with Crippen LogP contribution in [0.3, 0.4) is 0 Å². The lowest BCUT2D eigenvalue weighted by molar-refractivity contribution is -0.115. The topological polar surface area (TPSA) is 85.8 Å². The highest BCUT2D eigenvalue weighted by Crippen LogP contribution is 2.29. The van der Waals surface area contributed by atoms with E-state index in [1.807, 2.05) is 10.6 Å². The van der Waals surface area contributed by atoms with Crippen LogP contribution >= 0.6 is 35.0 Å². The zero-order valence-electron chi connectivity index (χ0n) is 15.5. The Morgan fingerprint density at radius 1 is 1.32 bits per heavy atom. The number of carbonyl (C=O) groups is 1. The fraction of sp³-hybridized carbons (Fsp3) is 0.333. The molecule has 1 atom stereocenters. The SMILES string of the molecule is CC(C)Cn1c(S[C@H](C)C(=O)Nc2ncc(Cl)cc2Cl)nnc1-c1ccco1. The van der Waals surface area contributed by atoms with Gasteiger partial charge in [0, 0.05) is 12.7 Å². The molecule has 0 aromatic carbocycles. The van der Waals surface area contributed by atoms with Gasteiger partial charge in [-0.2, -0.15) is 0 Å². The molecule has 0 fully saturated rings. The molecule has 7 nitrogen and oxygen atoms in total. The van der Waals surface area contributed by atoms with E-state index in [4.69, 9.17) is 27.6 Å². The Morgan fingerprint density at radius 3 is 2.75 bits per heavy atom. The van der Waals surface area contributed by atoms with Crippen molar-refractivity contribution in [2.24, 2.45) is 5.92 Å². The third-order valence-corrected chi connectivity index (χ3v) is 5.28. The minimum atomic E-state index is -0.451. The average Bonchev–Trinajstić information content (AvgIpc) is 3.27. The molecular formula is C18H19Cl2N5O2S. The van der Waals surface area contributed by atoms with Crippen molar-refractivity contribution in [3.63, 3.8) is 0 Å². The molecule has 3 aromatic rings. The molecular weight excluding hydrogens is 421 g/mol. The fourth-order valence-corrected chi connectivity index (χ4v) is 3.72. The Balaban J connectivity index is 1.77. The molecule has 0 radical (unpaired) electrons. The van der Waals surface area contributed by atoms with E-state index in [0.29, 0.717) is 34.2 Å². The maximum atomic E-state index is 12.6. The lowest BCUT2D eigenvalue weighted by Crippen LogP contribution is -2.24. The van der Waals surface area contributed by atoms with Gasteiger partial charge in [-0.1, -0.05) is 48.8 Å². The highest BCUT2D eigenvalue weighted by molar-refractivity contribution is 8.00. The lowest BCUT2D eigenvalue weighted by atomic mass is 10.2. The predicted molar refractivity (Wildman–Crippen MR) is 111 cm³/mol. The Labute approximate surface area is 176 Å². The first kappa shape index (κ1) is 20.7. The van der Waals surface area contributed by atoms with Crippen molar-refractivity contribution in [2.75, 3.05) is 5.32 Å². The lowest BCUT2D eigenvalue weighted by Gasteiger charge is -2.14. The molecule has 0 aliphatic carbocycles. The van der Waals surface area contributed by atoms with Crippen LogP contribution in [0.1, 0.15) is 20.8 Å². The number of hydrogen-bond donors (Lipinski definition) is 1. The van der Waals surface area contributed by atoms with Gasteiger partial charge in [0.1, 0.15) is 0 Å². The summed E-state index contributed by atoms with van der Waals surface area (Å²) in [6.07, 6.45) is 3.02. The summed E-state index contributed by atoms with van der Waals surface area (Å²) in [6.45, 7) is 6.68. The van der Waals surface area contributed by atoms with Crippen molar-refractivity contribution in [3.05, 3.63) is 40.7 Å². The van der Waals surface area contributed by atoms with E-state index in [1.165, 1.54) is 24.0 Å². The first-order valence-electron chi connectivity index (χ1n) is 8.60. The summed E-state index contributed by atoms with van der Waals surface area (Å²) < 4.78 is 7.43. The van der Waals surface area contributed by atoms with E-state index in [9.17, 15) is 4.79 Å². The summed E-state index contributed by atoms with van der Waals surface area (Å²) >= 11 is 13.2. The van der Waals surface area contributed by atoms with Crippen molar-refractivity contribution >= 4 is 46.7 Å². The maximum absolute atomic E-state index is 12.6. The van der Waals surface area contributed by atoms with Crippen LogP contribution in [0.15, 0.2) is 40.2 Å². The molecule has 0 bridgehead atoms. The summed E-state index contributed by atoms with van der Waals surface area (Å²) in [5.41, 5.74) is 0. The molecule has 28 heavy (non-hydrogen) atoms. The Hall–Kier alpha value is -2.03. The number of hydrogen-bond acceptors (Lipinski definition) is 6. The van der Waals surface area contributed by atoms with Crippen LogP contribution in [0.4, 0.5) is 5.82 Å². The largest absolute Gasteiger partial charge is 0.461 e. The summed E-state index contributed by atoms with van der Waals surface area (Å²) in [6, 6.07) is 5.16. The highest BCUT2D eigenvalue weighted by Gasteiger charge is 2.23. The number of thioether (sulfide) groups is 1. The number of amides is 1. The molecule has 3 rings (SSSR count). The minimum absolute atomic E-state index is 0.250. The van der Waals surface area contributed by atoms with Crippen LogP contribution in [0.25, 0.3) is 11.6 Å². The van der Waals surface area contributed by atoms with E-state index < -0.39 is 5.25 Å². The molecule has 0 aliphatic rings. The molecule has 1 N–H and O–H groups in total. The first-order valence-corrected chi connectivity index (χ1v) is 10.2. The number of carbonyl (C=O) groups excluding carboxylic acids is 1. The van der Waals surface area contributed by atoms with Crippen molar-refractivity contribution in [3.8, 4) is 11.6 Å². The molecule has 0 spiro atoms. The van der Waals surface area contributed by atoms with Crippen LogP contribution in [0.2, 0.25) is 10.0 Å². The van der Waals surface area contributed by atoms with Gasteiger partial charge >= 0.3 is 0 Å². The molecule has 0 unspecified atom stereocenters. The zero-order chi connectivity index (χ0) is 20.3. The van der Waals surface area contributed by atoms with Crippen molar-refractivity contribution in [1.29, 1.82) is 0 Å². The van der Waals surface area contributed by atoms with E-state index in [1.54, 1.807) is 19.3 Å². The van der Waals surface area contributed by atoms with Gasteiger partial charge in [-0.15, -0.1) is 10.2 Å². The van der Waals surface area contributed by atoms with E-state index >= 15 is 0 Å². The molecule has 10 heteroatoms. The molecule has 3 heterocycles. The summed E-state index contributed by atoms with van der Waals surface area (Å²) in [5.74, 6) is 1.65. The van der Waals surface area contributed by atoms with Crippen LogP contribution < -0.4 is 5.32 Å². The van der Waals surface area contributed by atoms with Crippen LogP contribution in [0.5, 0.6) is 0 Å². The number of anilines is 1. The molecule has 1 amide bonds. The minimum Gasteiger partial charge on any atom is -0.461 e. The Bertz CT molecular complexity index is 959. The second-order valence-corrected chi connectivity index (χ2v) is 8.67. The summed E-state index contributed by atoms with van der Waals surface area (Å²) in [5, 5.41) is 12.1. The Kier molecular flexibility index (Phi) is 6.64. The van der Waals surface area contributed by atoms with Crippen molar-refractivity contribution in [2.45, 2.75) is 37.7 Å². The molecule has 148 valence electrons. The number of rotatable bonds is 7. The van der Waals surface area contributed by atoms with Crippen LogP contribution in [-0.2, 0) is 11.3 Å². The number of pyridine rings is 1. The molecule has 0 saturated heterocycles. The maximum Gasteiger partial charge on any atom is 0.238 e. The van der Waals surface area contributed by atoms with E-state index in [0.717, 1.165) is 0 Å². The summed E-state index contributed by atoms with van der Waals surface area (Å²) in [4.78, 5) is 16.6. The number of furan rings is 1. The van der Waals surface area contributed by atoms with Gasteiger partial charge in [0.05, 0.1) is 21.6 Å². The monoisotopic (exact) mass is 439 g/mol. The second kappa shape index (κ2) is 8.98. The normalized spacial score (nSPS) is 12.4. The van der Waals surface area contributed by atoms with E-state index in [2.05, 4.69) is 34.3 Å². The van der Waals surface area contributed by atoms with Crippen molar-refractivity contribution in [1.82, 2.24) is 19.7 Å². The second-order valence-electron chi connectivity index (χ2n) is 6.52. The quantitative estimate of drug-likeness (QED) is 0.520. The highest BCUT2D eigenvalue weighted by atomic mass is 35.5. The molecule has 0 aliphatic heterocycles. The van der Waals surface area contributed by atoms with Gasteiger partial charge in [-0.05, 0) is 31.0 Å². The third-order valence-electron chi connectivity index (χ3n) is 3.71. The van der Waals surface area contributed by atoms with Crippen LogP contribution in [-0.4, -0.2) is 30.9 Å². The van der Waals surface area contributed by atoms with Gasteiger partial charge in [0.25, 0.3) is 0 Å². The predicted octanol–water partition coefficient (Wildman–Crippen LogP) is 5.02. The Morgan fingerprint density at radius 2 is 2.11 bits per heavy atom. The smallest absolute Gasteiger partial charge is 0.238 e. The van der Waals surface area contributed by atoms with Gasteiger partial charge in [-0.25, -0.2) is 4.98 Å². The van der Waals surface area contributed by atoms with Crippen molar-refractivity contribution < 1.29 is 9.21 Å². The molecule has 3 aromatic heterocycles. The number of nitrogens with zero attached hydrogens (tertiary/aromatic N) is 4. The third kappa shape index (κ3) is 4.87. The van der Waals surface area contributed by atoms with Gasteiger partial charge in [0.15, 0.2) is 22.6 Å². The summed E-state index contributed by atoms with van der Waals surface area (Å²) in [7, 11) is 0. The van der Waals surface area contributed by atoms with Gasteiger partial charge in [-0.3, -0.25) is 9.36 Å². The van der Waals surface area contributed by atoms with Gasteiger partial charge in [0.2, 0.25) is 5.91 Å². The zero-order valence-corrected chi connectivity index (χ0v) is 17.8. The number of halogens is 2. The first-order chi connectivity index (χ1) is 13.3. The average molecular weight is 440 g/mol. The van der Waals surface area contributed by atoms with E-state index in [-0.39, 0.29) is 16.7 Å². The number of aromatic nitrogens is 4. The molecule has 0 saturated carbocycles. The fourth-order valence-electron chi connectivity index (χ4n) is 2.43. The van der Waals surface area contributed by atoms with Gasteiger partial charge < -0.3 is 9.73 Å². The number of nitrogens with one attached hydrogen (secondary N) is 1. The van der Waals surface area contributed by atoms with Crippen LogP contribution in [0, 0.1) is 5.92 Å².